The highest BCUT2D eigenvalue weighted by Crippen LogP contribution is 2.36. The molecule has 1 heterocycles. The monoisotopic (exact) mass is 418 g/mol. The molecular formula is C17H11Cl2F3N2O3. The standard InChI is InChI=1S/C17H11Cl2F3N2O3/c18-9-1-4-14-13(5-9)24(8-16(26)27-14)7-15(25)23-10-2-3-12(19)11(6-10)17(20,21)22/h1-6H,7-8H2,(H,23,25). The summed E-state index contributed by atoms with van der Waals surface area (Å²) in [6.07, 6.45) is -4.65. The molecule has 0 aliphatic carbocycles. The number of esters is 1. The van der Waals surface area contributed by atoms with E-state index in [0.29, 0.717) is 10.7 Å². The van der Waals surface area contributed by atoms with Gasteiger partial charge in [0.25, 0.3) is 0 Å². The number of nitrogens with zero attached hydrogens (tertiary/aromatic N) is 1. The molecular weight excluding hydrogens is 408 g/mol. The Kier molecular flexibility index (Phi) is 5.21. The van der Waals surface area contributed by atoms with Crippen LogP contribution in [0.15, 0.2) is 36.4 Å². The zero-order valence-electron chi connectivity index (χ0n) is 13.4. The van der Waals surface area contributed by atoms with Gasteiger partial charge in [0.05, 0.1) is 22.8 Å². The number of ether oxygens (including phenoxy) is 1. The molecule has 27 heavy (non-hydrogen) atoms. The molecule has 2 aromatic rings. The van der Waals surface area contributed by atoms with Crippen LogP contribution in [0.25, 0.3) is 0 Å². The molecule has 1 aliphatic heterocycles. The Morgan fingerprint density at radius 3 is 2.63 bits per heavy atom. The molecule has 142 valence electrons. The fourth-order valence-electron chi connectivity index (χ4n) is 2.56. The van der Waals surface area contributed by atoms with Crippen molar-refractivity contribution in [1.29, 1.82) is 0 Å². The molecule has 0 spiro atoms. The Morgan fingerprint density at radius 1 is 1.19 bits per heavy atom. The van der Waals surface area contributed by atoms with E-state index >= 15 is 0 Å². The SMILES string of the molecule is O=C(CN1CC(=O)Oc2ccc(Cl)cc21)Nc1ccc(Cl)c(C(F)(F)F)c1. The topological polar surface area (TPSA) is 58.6 Å². The summed E-state index contributed by atoms with van der Waals surface area (Å²) in [5, 5.41) is 2.27. The minimum Gasteiger partial charge on any atom is -0.423 e. The predicted molar refractivity (Wildman–Crippen MR) is 94.4 cm³/mol. The van der Waals surface area contributed by atoms with Crippen LogP contribution in [0.2, 0.25) is 10.0 Å². The minimum absolute atomic E-state index is 0.0670. The quantitative estimate of drug-likeness (QED) is 0.593. The number of hydrogen-bond donors (Lipinski definition) is 1. The average Bonchev–Trinajstić information content (AvgIpc) is 2.56. The van der Waals surface area contributed by atoms with Gasteiger partial charge < -0.3 is 15.0 Å². The molecule has 0 saturated heterocycles. The van der Waals surface area contributed by atoms with Crippen molar-refractivity contribution in [2.45, 2.75) is 6.18 Å². The van der Waals surface area contributed by atoms with E-state index in [1.807, 2.05) is 0 Å². The van der Waals surface area contributed by atoms with Crippen LogP contribution < -0.4 is 15.0 Å². The molecule has 1 amide bonds. The van der Waals surface area contributed by atoms with Crippen molar-refractivity contribution in [1.82, 2.24) is 0 Å². The van der Waals surface area contributed by atoms with E-state index in [2.05, 4.69) is 5.32 Å². The van der Waals surface area contributed by atoms with Crippen molar-refractivity contribution >= 4 is 46.5 Å². The summed E-state index contributed by atoms with van der Waals surface area (Å²) < 4.78 is 43.8. The third-order valence-electron chi connectivity index (χ3n) is 3.70. The van der Waals surface area contributed by atoms with Gasteiger partial charge in [-0.15, -0.1) is 0 Å². The third kappa shape index (κ3) is 4.45. The summed E-state index contributed by atoms with van der Waals surface area (Å²) in [7, 11) is 0. The van der Waals surface area contributed by atoms with Crippen LogP contribution in [0, 0.1) is 0 Å². The molecule has 0 radical (unpaired) electrons. The van der Waals surface area contributed by atoms with Crippen LogP contribution in [0.5, 0.6) is 5.75 Å². The number of anilines is 2. The Labute approximate surface area is 161 Å². The first-order valence-corrected chi connectivity index (χ1v) is 8.31. The fraction of sp³-hybridized carbons (Fsp3) is 0.176. The number of alkyl halides is 3. The van der Waals surface area contributed by atoms with Crippen molar-refractivity contribution in [3.63, 3.8) is 0 Å². The molecule has 1 aliphatic rings. The maximum atomic E-state index is 12.9. The summed E-state index contributed by atoms with van der Waals surface area (Å²) in [6, 6.07) is 7.60. The van der Waals surface area contributed by atoms with Crippen LogP contribution >= 0.6 is 23.2 Å². The van der Waals surface area contributed by atoms with Gasteiger partial charge in [-0.2, -0.15) is 13.2 Å². The second-order valence-corrected chi connectivity index (χ2v) is 6.53. The number of benzene rings is 2. The van der Waals surface area contributed by atoms with Crippen LogP contribution in [-0.2, 0) is 15.8 Å². The second kappa shape index (κ2) is 7.28. The van der Waals surface area contributed by atoms with Gasteiger partial charge in [-0.1, -0.05) is 23.2 Å². The number of amides is 1. The molecule has 0 aromatic heterocycles. The smallest absolute Gasteiger partial charge is 0.417 e. The minimum atomic E-state index is -4.65. The summed E-state index contributed by atoms with van der Waals surface area (Å²) >= 11 is 11.5. The Morgan fingerprint density at radius 2 is 1.93 bits per heavy atom. The summed E-state index contributed by atoms with van der Waals surface area (Å²) in [6.45, 7) is -0.485. The highest BCUT2D eigenvalue weighted by Gasteiger charge is 2.33. The van der Waals surface area contributed by atoms with Crippen molar-refractivity contribution in [2.24, 2.45) is 0 Å². The maximum Gasteiger partial charge on any atom is 0.417 e. The zero-order valence-corrected chi connectivity index (χ0v) is 15.0. The van der Waals surface area contributed by atoms with Gasteiger partial charge in [0, 0.05) is 10.7 Å². The summed E-state index contributed by atoms with van der Waals surface area (Å²) in [5.74, 6) is -0.941. The van der Waals surface area contributed by atoms with E-state index in [1.54, 1.807) is 0 Å². The lowest BCUT2D eigenvalue weighted by molar-refractivity contribution is -0.137. The lowest BCUT2D eigenvalue weighted by Gasteiger charge is -2.29. The number of carbonyl (C=O) groups is 2. The lowest BCUT2D eigenvalue weighted by Crippen LogP contribution is -2.41. The molecule has 5 nitrogen and oxygen atoms in total. The molecule has 0 unspecified atom stereocenters. The predicted octanol–water partition coefficient (Wildman–Crippen LogP) is 4.38. The molecule has 0 bridgehead atoms. The second-order valence-electron chi connectivity index (χ2n) is 5.68. The number of nitrogens with one attached hydrogen (secondary N) is 1. The van der Waals surface area contributed by atoms with Crippen LogP contribution in [-0.4, -0.2) is 25.0 Å². The molecule has 0 atom stereocenters. The van der Waals surface area contributed by atoms with Crippen LogP contribution in [0.3, 0.4) is 0 Å². The average molecular weight is 419 g/mol. The molecule has 2 aromatic carbocycles. The summed E-state index contributed by atoms with van der Waals surface area (Å²) in [4.78, 5) is 25.4. The van der Waals surface area contributed by atoms with Crippen LogP contribution in [0.1, 0.15) is 5.56 Å². The normalized spacial score (nSPS) is 13.8. The number of rotatable bonds is 3. The summed E-state index contributed by atoms with van der Waals surface area (Å²) in [5.41, 5.74) is -0.687. The largest absolute Gasteiger partial charge is 0.423 e. The van der Waals surface area contributed by atoms with E-state index in [9.17, 15) is 22.8 Å². The highest BCUT2D eigenvalue weighted by molar-refractivity contribution is 6.31. The van der Waals surface area contributed by atoms with Crippen molar-refractivity contribution in [3.8, 4) is 5.75 Å². The number of carbonyl (C=O) groups excluding carboxylic acids is 2. The van der Waals surface area contributed by atoms with Crippen molar-refractivity contribution < 1.29 is 27.5 Å². The van der Waals surface area contributed by atoms with E-state index in [-0.39, 0.29) is 24.5 Å². The maximum absolute atomic E-state index is 12.9. The third-order valence-corrected chi connectivity index (χ3v) is 4.26. The van der Waals surface area contributed by atoms with Gasteiger partial charge in [0.1, 0.15) is 6.54 Å². The fourth-order valence-corrected chi connectivity index (χ4v) is 2.95. The Bertz CT molecular complexity index is 919. The number of fused-ring (bicyclic) bond motifs is 1. The van der Waals surface area contributed by atoms with Crippen LogP contribution in [0.4, 0.5) is 24.5 Å². The molecule has 3 rings (SSSR count). The molecule has 1 N–H and O–H groups in total. The molecule has 0 fully saturated rings. The first-order valence-electron chi connectivity index (χ1n) is 7.55. The van der Waals surface area contributed by atoms with E-state index in [1.165, 1.54) is 29.2 Å². The number of hydrogen-bond acceptors (Lipinski definition) is 4. The van der Waals surface area contributed by atoms with E-state index in [4.69, 9.17) is 27.9 Å². The Hall–Kier alpha value is -2.45. The Balaban J connectivity index is 1.77. The zero-order chi connectivity index (χ0) is 19.8. The van der Waals surface area contributed by atoms with E-state index in [0.717, 1.165) is 12.1 Å². The van der Waals surface area contributed by atoms with Crippen molar-refractivity contribution in [3.05, 3.63) is 52.0 Å². The van der Waals surface area contributed by atoms with E-state index < -0.39 is 28.6 Å². The highest BCUT2D eigenvalue weighted by atomic mass is 35.5. The van der Waals surface area contributed by atoms with Gasteiger partial charge in [-0.25, -0.2) is 4.79 Å². The molecule has 10 heteroatoms. The van der Waals surface area contributed by atoms with Crippen molar-refractivity contribution in [2.75, 3.05) is 23.3 Å². The molecule has 0 saturated carbocycles. The van der Waals surface area contributed by atoms with Gasteiger partial charge >= 0.3 is 12.1 Å². The lowest BCUT2D eigenvalue weighted by atomic mass is 10.2. The number of halogens is 5. The van der Waals surface area contributed by atoms with Gasteiger partial charge in [-0.05, 0) is 36.4 Å². The van der Waals surface area contributed by atoms with Gasteiger partial charge in [0.15, 0.2) is 5.75 Å². The first-order chi connectivity index (χ1) is 12.6. The van der Waals surface area contributed by atoms with Gasteiger partial charge in [-0.3, -0.25) is 4.79 Å². The first kappa shape index (κ1) is 19.3. The van der Waals surface area contributed by atoms with Gasteiger partial charge in [0.2, 0.25) is 5.91 Å².